The molecule has 0 aromatic heterocycles. The molecular formula is C17H22N2O2. The maximum atomic E-state index is 12.4. The van der Waals surface area contributed by atoms with Crippen molar-refractivity contribution in [2.75, 3.05) is 24.5 Å². The van der Waals surface area contributed by atoms with Gasteiger partial charge in [-0.2, -0.15) is 0 Å². The second kappa shape index (κ2) is 5.88. The standard InChI is InChI=1S/C17H22N2O2/c1-2-13-5-7-15(8-6-13)19-12-14(11-16(19)20)17(21)18-9-3-4-10-18/h5-8,14H,2-4,9-12H2,1H3/t14-/m1/s1. The van der Waals surface area contributed by atoms with Crippen molar-refractivity contribution in [2.24, 2.45) is 5.92 Å². The molecule has 112 valence electrons. The van der Waals surface area contributed by atoms with Crippen molar-refractivity contribution in [1.29, 1.82) is 0 Å². The van der Waals surface area contributed by atoms with Crippen molar-refractivity contribution in [3.63, 3.8) is 0 Å². The summed E-state index contributed by atoms with van der Waals surface area (Å²) >= 11 is 0. The molecule has 2 aliphatic heterocycles. The fourth-order valence-electron chi connectivity index (χ4n) is 3.23. The van der Waals surface area contributed by atoms with Gasteiger partial charge in [0.2, 0.25) is 11.8 Å². The normalized spacial score (nSPS) is 22.1. The van der Waals surface area contributed by atoms with Crippen molar-refractivity contribution in [2.45, 2.75) is 32.6 Å². The molecule has 0 saturated carbocycles. The lowest BCUT2D eigenvalue weighted by Crippen LogP contribution is -2.35. The van der Waals surface area contributed by atoms with Crippen LogP contribution in [0.25, 0.3) is 0 Å². The van der Waals surface area contributed by atoms with Gasteiger partial charge in [0.25, 0.3) is 0 Å². The van der Waals surface area contributed by atoms with Crippen LogP contribution >= 0.6 is 0 Å². The fraction of sp³-hybridized carbons (Fsp3) is 0.529. The lowest BCUT2D eigenvalue weighted by Gasteiger charge is -2.20. The number of hydrogen-bond donors (Lipinski definition) is 0. The minimum atomic E-state index is -0.165. The van der Waals surface area contributed by atoms with Gasteiger partial charge in [0, 0.05) is 31.7 Å². The number of carbonyl (C=O) groups is 2. The monoisotopic (exact) mass is 286 g/mol. The lowest BCUT2D eigenvalue weighted by molar-refractivity contribution is -0.134. The molecule has 2 heterocycles. The van der Waals surface area contributed by atoms with Crippen LogP contribution in [0.3, 0.4) is 0 Å². The van der Waals surface area contributed by atoms with E-state index in [0.29, 0.717) is 13.0 Å². The number of rotatable bonds is 3. The van der Waals surface area contributed by atoms with Crippen molar-refractivity contribution >= 4 is 17.5 Å². The van der Waals surface area contributed by atoms with Crippen LogP contribution in [-0.4, -0.2) is 36.3 Å². The lowest BCUT2D eigenvalue weighted by atomic mass is 10.1. The quantitative estimate of drug-likeness (QED) is 0.855. The van der Waals surface area contributed by atoms with Crippen molar-refractivity contribution in [3.05, 3.63) is 29.8 Å². The summed E-state index contributed by atoms with van der Waals surface area (Å²) in [4.78, 5) is 28.3. The predicted molar refractivity (Wildman–Crippen MR) is 82.1 cm³/mol. The van der Waals surface area contributed by atoms with Gasteiger partial charge in [-0.15, -0.1) is 0 Å². The van der Waals surface area contributed by atoms with E-state index in [4.69, 9.17) is 0 Å². The minimum Gasteiger partial charge on any atom is -0.342 e. The van der Waals surface area contributed by atoms with E-state index in [-0.39, 0.29) is 17.7 Å². The smallest absolute Gasteiger partial charge is 0.228 e. The first kappa shape index (κ1) is 14.1. The first-order valence-electron chi connectivity index (χ1n) is 7.87. The van der Waals surface area contributed by atoms with Crippen LogP contribution in [0.2, 0.25) is 0 Å². The van der Waals surface area contributed by atoms with Gasteiger partial charge in [0.1, 0.15) is 0 Å². The number of anilines is 1. The van der Waals surface area contributed by atoms with E-state index in [2.05, 4.69) is 19.1 Å². The first-order chi connectivity index (χ1) is 10.2. The van der Waals surface area contributed by atoms with Crippen LogP contribution in [0.1, 0.15) is 31.7 Å². The summed E-state index contributed by atoms with van der Waals surface area (Å²) in [6.07, 6.45) is 3.53. The first-order valence-corrected chi connectivity index (χ1v) is 7.87. The zero-order valence-corrected chi connectivity index (χ0v) is 12.5. The molecule has 2 saturated heterocycles. The molecule has 0 unspecified atom stereocenters. The van der Waals surface area contributed by atoms with Gasteiger partial charge >= 0.3 is 0 Å². The van der Waals surface area contributed by atoms with Crippen LogP contribution in [0.4, 0.5) is 5.69 Å². The average molecular weight is 286 g/mol. The van der Waals surface area contributed by atoms with Gasteiger partial charge in [-0.05, 0) is 37.0 Å². The topological polar surface area (TPSA) is 40.6 Å². The van der Waals surface area contributed by atoms with Gasteiger partial charge in [-0.1, -0.05) is 19.1 Å². The second-order valence-corrected chi connectivity index (χ2v) is 5.96. The number of aryl methyl sites for hydroxylation is 1. The van der Waals surface area contributed by atoms with Gasteiger partial charge in [-0.25, -0.2) is 0 Å². The molecule has 0 N–H and O–H groups in total. The van der Waals surface area contributed by atoms with Crippen LogP contribution in [-0.2, 0) is 16.0 Å². The SMILES string of the molecule is CCc1ccc(N2C[C@H](C(=O)N3CCCC3)CC2=O)cc1. The number of nitrogens with zero attached hydrogens (tertiary/aromatic N) is 2. The third-order valence-corrected chi connectivity index (χ3v) is 4.55. The second-order valence-electron chi connectivity index (χ2n) is 5.96. The van der Waals surface area contributed by atoms with E-state index in [0.717, 1.165) is 38.0 Å². The Balaban J connectivity index is 1.70. The number of amides is 2. The summed E-state index contributed by atoms with van der Waals surface area (Å²) in [7, 11) is 0. The molecule has 4 nitrogen and oxygen atoms in total. The number of carbonyl (C=O) groups excluding carboxylic acids is 2. The van der Waals surface area contributed by atoms with Crippen LogP contribution in [0.15, 0.2) is 24.3 Å². The Kier molecular flexibility index (Phi) is 3.95. The average Bonchev–Trinajstić information content (AvgIpc) is 3.16. The van der Waals surface area contributed by atoms with E-state index in [1.807, 2.05) is 17.0 Å². The van der Waals surface area contributed by atoms with E-state index in [9.17, 15) is 9.59 Å². The molecule has 0 radical (unpaired) electrons. The molecule has 4 heteroatoms. The molecule has 2 aliphatic rings. The van der Waals surface area contributed by atoms with Gasteiger partial charge in [0.05, 0.1) is 5.92 Å². The maximum Gasteiger partial charge on any atom is 0.228 e. The van der Waals surface area contributed by atoms with Crippen LogP contribution in [0.5, 0.6) is 0 Å². The molecule has 2 fully saturated rings. The molecule has 21 heavy (non-hydrogen) atoms. The summed E-state index contributed by atoms with van der Waals surface area (Å²) in [5, 5.41) is 0. The van der Waals surface area contributed by atoms with E-state index >= 15 is 0 Å². The largest absolute Gasteiger partial charge is 0.342 e. The number of hydrogen-bond acceptors (Lipinski definition) is 2. The molecule has 1 atom stereocenters. The highest BCUT2D eigenvalue weighted by Crippen LogP contribution is 2.27. The van der Waals surface area contributed by atoms with E-state index < -0.39 is 0 Å². The van der Waals surface area contributed by atoms with Crippen molar-refractivity contribution in [3.8, 4) is 0 Å². The summed E-state index contributed by atoms with van der Waals surface area (Å²) in [5.41, 5.74) is 2.17. The van der Waals surface area contributed by atoms with Gasteiger partial charge < -0.3 is 9.80 Å². The molecule has 2 amide bonds. The van der Waals surface area contributed by atoms with Crippen molar-refractivity contribution < 1.29 is 9.59 Å². The number of benzene rings is 1. The highest BCUT2D eigenvalue weighted by Gasteiger charge is 2.37. The Morgan fingerprint density at radius 3 is 2.48 bits per heavy atom. The Bertz CT molecular complexity index is 532. The van der Waals surface area contributed by atoms with Crippen LogP contribution in [0, 0.1) is 5.92 Å². The molecule has 3 rings (SSSR count). The maximum absolute atomic E-state index is 12.4. The van der Waals surface area contributed by atoms with E-state index in [1.165, 1.54) is 5.56 Å². The zero-order valence-electron chi connectivity index (χ0n) is 12.5. The predicted octanol–water partition coefficient (Wildman–Crippen LogP) is 2.22. The van der Waals surface area contributed by atoms with E-state index in [1.54, 1.807) is 4.90 Å². The molecular weight excluding hydrogens is 264 g/mol. The third kappa shape index (κ3) is 2.80. The Labute approximate surface area is 125 Å². The van der Waals surface area contributed by atoms with Crippen LogP contribution < -0.4 is 4.90 Å². The molecule has 1 aromatic carbocycles. The van der Waals surface area contributed by atoms with Gasteiger partial charge in [0.15, 0.2) is 0 Å². The molecule has 1 aromatic rings. The molecule has 0 bridgehead atoms. The summed E-state index contributed by atoms with van der Waals surface area (Å²) in [6.45, 7) is 4.35. The minimum absolute atomic E-state index is 0.0665. The van der Waals surface area contributed by atoms with Gasteiger partial charge in [-0.3, -0.25) is 9.59 Å². The Morgan fingerprint density at radius 2 is 1.86 bits per heavy atom. The number of likely N-dealkylation sites (tertiary alicyclic amines) is 1. The summed E-state index contributed by atoms with van der Waals surface area (Å²) in [6, 6.07) is 8.08. The highest BCUT2D eigenvalue weighted by atomic mass is 16.2. The Hall–Kier alpha value is -1.84. The summed E-state index contributed by atoms with van der Waals surface area (Å²) < 4.78 is 0. The molecule has 0 aliphatic carbocycles. The fourth-order valence-corrected chi connectivity index (χ4v) is 3.23. The third-order valence-electron chi connectivity index (χ3n) is 4.55. The highest BCUT2D eigenvalue weighted by molar-refractivity contribution is 6.00. The Morgan fingerprint density at radius 1 is 1.19 bits per heavy atom. The molecule has 0 spiro atoms. The van der Waals surface area contributed by atoms with Crippen molar-refractivity contribution in [1.82, 2.24) is 4.90 Å². The summed E-state index contributed by atoms with van der Waals surface area (Å²) in [5.74, 6) is 0.0618. The zero-order chi connectivity index (χ0) is 14.8.